The van der Waals surface area contributed by atoms with Crippen molar-refractivity contribution in [2.24, 2.45) is 4.99 Å². The predicted octanol–water partition coefficient (Wildman–Crippen LogP) is 2.84. The maximum atomic E-state index is 5.44. The lowest BCUT2D eigenvalue weighted by atomic mass is 10.3. The summed E-state index contributed by atoms with van der Waals surface area (Å²) in [5, 5.41) is 3.02. The molecule has 0 fully saturated rings. The van der Waals surface area contributed by atoms with Crippen LogP contribution in [-0.2, 0) is 0 Å². The Labute approximate surface area is 89.8 Å². The van der Waals surface area contributed by atoms with Gasteiger partial charge in [0.05, 0.1) is 0 Å². The Kier molecular flexibility index (Phi) is 4.16. The topological polar surface area (TPSA) is 33.6 Å². The van der Waals surface area contributed by atoms with E-state index in [-0.39, 0.29) is 0 Å². The molecule has 0 aliphatic carbocycles. The Morgan fingerprint density at radius 2 is 2.00 bits per heavy atom. The summed E-state index contributed by atoms with van der Waals surface area (Å²) in [6, 6.07) is 7.55. The molecule has 0 aromatic heterocycles. The highest BCUT2D eigenvalue weighted by Gasteiger charge is 1.97. The van der Waals surface area contributed by atoms with E-state index in [9.17, 15) is 0 Å². The molecule has 1 rings (SSSR count). The molecule has 1 aromatic rings. The van der Waals surface area contributed by atoms with Crippen molar-refractivity contribution < 1.29 is 4.74 Å². The van der Waals surface area contributed by atoms with Crippen molar-refractivity contribution in [2.45, 2.75) is 0 Å². The van der Waals surface area contributed by atoms with Gasteiger partial charge in [-0.15, -0.1) is 0 Å². The van der Waals surface area contributed by atoms with E-state index in [1.54, 1.807) is 0 Å². The lowest BCUT2D eigenvalue weighted by Gasteiger charge is -2.05. The number of nitrogens with one attached hydrogen (secondary N) is 1. The molecular weight excluding hydrogens is 188 g/mol. The highest BCUT2D eigenvalue weighted by molar-refractivity contribution is 5.89. The van der Waals surface area contributed by atoms with Crippen LogP contribution in [0, 0.1) is 0 Å². The third-order valence-electron chi connectivity index (χ3n) is 1.76. The first-order valence-corrected chi connectivity index (χ1v) is 4.57. The Morgan fingerprint density at radius 3 is 2.47 bits per heavy atom. The maximum absolute atomic E-state index is 5.44. The molecule has 0 aliphatic rings. The quantitative estimate of drug-likeness (QED) is 0.601. The van der Waals surface area contributed by atoms with Crippen LogP contribution in [0.1, 0.15) is 0 Å². The van der Waals surface area contributed by atoms with Crippen molar-refractivity contribution in [1.29, 1.82) is 0 Å². The Balaban J connectivity index is 2.75. The van der Waals surface area contributed by atoms with Crippen molar-refractivity contribution in [3.63, 3.8) is 0 Å². The largest absolute Gasteiger partial charge is 0.439 e. The highest BCUT2D eigenvalue weighted by Crippen LogP contribution is 2.15. The van der Waals surface area contributed by atoms with E-state index >= 15 is 0 Å². The summed E-state index contributed by atoms with van der Waals surface area (Å²) in [7, 11) is 1.87. The van der Waals surface area contributed by atoms with E-state index < -0.39 is 0 Å². The summed E-state index contributed by atoms with van der Waals surface area (Å²) in [5.41, 5.74) is 1.03. The Morgan fingerprint density at radius 1 is 1.33 bits per heavy atom. The molecule has 3 heteroatoms. The molecular formula is C12H14N2O. The Bertz CT molecular complexity index is 366. The van der Waals surface area contributed by atoms with Crippen molar-refractivity contribution in [3.8, 4) is 5.75 Å². The average Bonchev–Trinajstić information content (AvgIpc) is 2.29. The molecule has 0 amide bonds. The molecule has 0 saturated carbocycles. The second-order valence-corrected chi connectivity index (χ2v) is 2.73. The van der Waals surface area contributed by atoms with Gasteiger partial charge >= 0.3 is 0 Å². The molecule has 0 radical (unpaired) electrons. The van der Waals surface area contributed by atoms with E-state index in [4.69, 9.17) is 4.74 Å². The first kappa shape index (κ1) is 11.0. The molecule has 0 bridgehead atoms. The zero-order valence-corrected chi connectivity index (χ0v) is 8.73. The third-order valence-corrected chi connectivity index (χ3v) is 1.76. The molecule has 3 nitrogen and oxygen atoms in total. The van der Waals surface area contributed by atoms with E-state index in [1.807, 2.05) is 31.3 Å². The number of aliphatic imine (C=N–C) groups is 1. The van der Waals surface area contributed by atoms with Crippen molar-refractivity contribution in [1.82, 2.24) is 0 Å². The standard InChI is InChI=1S/C12H14N2O/c1-4-12(14-5-2)15-11-8-6-10(13-3)7-9-11/h4-9,13H,1-2H2,3H3. The summed E-state index contributed by atoms with van der Waals surface area (Å²) in [6.45, 7) is 7.09. The molecule has 0 heterocycles. The molecule has 1 aromatic carbocycles. The van der Waals surface area contributed by atoms with Crippen LogP contribution >= 0.6 is 0 Å². The summed E-state index contributed by atoms with van der Waals surface area (Å²) in [5.74, 6) is 1.15. The van der Waals surface area contributed by atoms with Crippen molar-refractivity contribution in [3.05, 3.63) is 49.7 Å². The van der Waals surface area contributed by atoms with Gasteiger partial charge in [0.1, 0.15) is 5.75 Å². The number of hydrogen-bond donors (Lipinski definition) is 1. The second-order valence-electron chi connectivity index (χ2n) is 2.73. The van der Waals surface area contributed by atoms with Crippen LogP contribution in [0.3, 0.4) is 0 Å². The zero-order chi connectivity index (χ0) is 11.1. The minimum Gasteiger partial charge on any atom is -0.439 e. The van der Waals surface area contributed by atoms with Crippen LogP contribution in [-0.4, -0.2) is 12.9 Å². The third kappa shape index (κ3) is 3.31. The van der Waals surface area contributed by atoms with E-state index in [0.29, 0.717) is 5.90 Å². The van der Waals surface area contributed by atoms with Crippen LogP contribution in [0.4, 0.5) is 5.69 Å². The van der Waals surface area contributed by atoms with Gasteiger partial charge in [-0.1, -0.05) is 13.2 Å². The summed E-state index contributed by atoms with van der Waals surface area (Å²) in [6.07, 6.45) is 2.95. The fourth-order valence-corrected chi connectivity index (χ4v) is 1.02. The molecule has 0 aliphatic heterocycles. The van der Waals surface area contributed by atoms with Gasteiger partial charge in [-0.2, -0.15) is 0 Å². The normalized spacial score (nSPS) is 10.6. The van der Waals surface area contributed by atoms with Gasteiger partial charge in [0, 0.05) is 18.9 Å². The number of rotatable bonds is 4. The monoisotopic (exact) mass is 202 g/mol. The van der Waals surface area contributed by atoms with E-state index in [0.717, 1.165) is 11.4 Å². The van der Waals surface area contributed by atoms with E-state index in [1.165, 1.54) is 12.3 Å². The highest BCUT2D eigenvalue weighted by atomic mass is 16.5. The molecule has 15 heavy (non-hydrogen) atoms. The summed E-state index contributed by atoms with van der Waals surface area (Å²) < 4.78 is 5.44. The molecule has 0 atom stereocenters. The first-order valence-electron chi connectivity index (χ1n) is 4.57. The van der Waals surface area contributed by atoms with Crippen molar-refractivity contribution >= 4 is 11.6 Å². The molecule has 1 N–H and O–H groups in total. The molecule has 0 spiro atoms. The van der Waals surface area contributed by atoms with Crippen LogP contribution in [0.5, 0.6) is 5.75 Å². The van der Waals surface area contributed by atoms with Crippen LogP contribution in [0.2, 0.25) is 0 Å². The van der Waals surface area contributed by atoms with Gasteiger partial charge in [0.15, 0.2) is 0 Å². The van der Waals surface area contributed by atoms with Gasteiger partial charge in [-0.3, -0.25) is 0 Å². The van der Waals surface area contributed by atoms with Gasteiger partial charge in [0.25, 0.3) is 0 Å². The number of ether oxygens (including phenoxy) is 1. The number of nitrogens with zero attached hydrogens (tertiary/aromatic N) is 1. The lowest BCUT2D eigenvalue weighted by molar-refractivity contribution is 0.556. The SMILES string of the molecule is C=CN=C(C=C)Oc1ccc(NC)cc1. The average molecular weight is 202 g/mol. The maximum Gasteiger partial charge on any atom is 0.218 e. The second kappa shape index (κ2) is 5.65. The van der Waals surface area contributed by atoms with Crippen molar-refractivity contribution in [2.75, 3.05) is 12.4 Å². The van der Waals surface area contributed by atoms with Gasteiger partial charge in [-0.05, 0) is 30.3 Å². The summed E-state index contributed by atoms with van der Waals surface area (Å²) in [4.78, 5) is 3.91. The van der Waals surface area contributed by atoms with Gasteiger partial charge in [0.2, 0.25) is 5.90 Å². The minimum atomic E-state index is 0.433. The van der Waals surface area contributed by atoms with Crippen LogP contribution < -0.4 is 10.1 Å². The molecule has 0 unspecified atom stereocenters. The fourth-order valence-electron chi connectivity index (χ4n) is 1.02. The van der Waals surface area contributed by atoms with Gasteiger partial charge < -0.3 is 10.1 Å². The Hall–Kier alpha value is -2.03. The van der Waals surface area contributed by atoms with E-state index in [2.05, 4.69) is 23.5 Å². The lowest BCUT2D eigenvalue weighted by Crippen LogP contribution is -2.03. The number of anilines is 1. The zero-order valence-electron chi connectivity index (χ0n) is 8.73. The predicted molar refractivity (Wildman–Crippen MR) is 64.4 cm³/mol. The number of hydrogen-bond acceptors (Lipinski definition) is 3. The summed E-state index contributed by atoms with van der Waals surface area (Å²) >= 11 is 0. The molecule has 78 valence electrons. The molecule has 0 saturated heterocycles. The van der Waals surface area contributed by atoms with Crippen LogP contribution in [0.15, 0.2) is 54.7 Å². The van der Waals surface area contributed by atoms with Crippen LogP contribution in [0.25, 0.3) is 0 Å². The van der Waals surface area contributed by atoms with Gasteiger partial charge in [-0.25, -0.2) is 4.99 Å². The smallest absolute Gasteiger partial charge is 0.218 e. The first-order chi connectivity index (χ1) is 7.30. The number of benzene rings is 1. The minimum absolute atomic E-state index is 0.433. The fraction of sp³-hybridized carbons (Fsp3) is 0.0833.